The lowest BCUT2D eigenvalue weighted by molar-refractivity contribution is -0.117. The van der Waals surface area contributed by atoms with Gasteiger partial charge in [-0.15, -0.1) is 0 Å². The molecule has 29 heavy (non-hydrogen) atoms. The first-order chi connectivity index (χ1) is 13.7. The molecule has 3 rings (SSSR count). The molecule has 0 aromatic heterocycles. The van der Waals surface area contributed by atoms with Crippen LogP contribution in [0.3, 0.4) is 0 Å². The maximum atomic E-state index is 13.9. The Morgan fingerprint density at radius 2 is 1.62 bits per heavy atom. The topological polar surface area (TPSA) is 69.7 Å². The molecule has 0 bridgehead atoms. The van der Waals surface area contributed by atoms with E-state index in [0.717, 1.165) is 28.6 Å². The van der Waals surface area contributed by atoms with Crippen molar-refractivity contribution in [3.8, 4) is 0 Å². The summed E-state index contributed by atoms with van der Waals surface area (Å²) < 4.78 is 67.5. The smallest absolute Gasteiger partial charge is 0.249 e. The van der Waals surface area contributed by atoms with Crippen molar-refractivity contribution in [1.82, 2.24) is 9.21 Å². The highest BCUT2D eigenvalue weighted by Gasteiger charge is 2.33. The van der Waals surface area contributed by atoms with E-state index in [1.807, 2.05) is 0 Å². The van der Waals surface area contributed by atoms with E-state index >= 15 is 0 Å². The van der Waals surface area contributed by atoms with Crippen molar-refractivity contribution in [2.75, 3.05) is 38.0 Å². The molecule has 1 fully saturated rings. The zero-order valence-electron chi connectivity index (χ0n) is 15.0. The van der Waals surface area contributed by atoms with Crippen molar-refractivity contribution in [1.29, 1.82) is 0 Å². The maximum absolute atomic E-state index is 13.9. The number of benzene rings is 2. The monoisotopic (exact) mass is 447 g/mol. The van der Waals surface area contributed by atoms with Gasteiger partial charge in [0.05, 0.1) is 12.2 Å². The van der Waals surface area contributed by atoms with Crippen LogP contribution in [-0.4, -0.2) is 56.3 Å². The predicted octanol–water partition coefficient (Wildman–Crippen LogP) is 2.70. The number of halogens is 4. The third-order valence-corrected chi connectivity index (χ3v) is 6.60. The van der Waals surface area contributed by atoms with E-state index in [2.05, 4.69) is 5.32 Å². The first-order valence-electron chi connectivity index (χ1n) is 8.60. The molecule has 11 heteroatoms. The molecule has 0 unspecified atom stereocenters. The largest absolute Gasteiger partial charge is 0.322 e. The Hall–Kier alpha value is -2.14. The summed E-state index contributed by atoms with van der Waals surface area (Å²) in [5.41, 5.74) is -0.0567. The molecule has 1 N–H and O–H groups in total. The molecule has 0 saturated carbocycles. The molecule has 1 amide bonds. The van der Waals surface area contributed by atoms with E-state index in [4.69, 9.17) is 11.6 Å². The van der Waals surface area contributed by atoms with Crippen LogP contribution >= 0.6 is 11.6 Å². The van der Waals surface area contributed by atoms with Gasteiger partial charge in [-0.1, -0.05) is 17.7 Å². The van der Waals surface area contributed by atoms with Gasteiger partial charge in [-0.25, -0.2) is 21.6 Å². The number of hydrogen-bond donors (Lipinski definition) is 1. The Morgan fingerprint density at radius 3 is 2.24 bits per heavy atom. The second-order valence-corrected chi connectivity index (χ2v) is 8.71. The Kier molecular flexibility index (Phi) is 6.47. The van der Waals surface area contributed by atoms with E-state index < -0.39 is 38.3 Å². The lowest BCUT2D eigenvalue weighted by Gasteiger charge is -2.33. The molecule has 0 spiro atoms. The Bertz CT molecular complexity index is 1010. The van der Waals surface area contributed by atoms with Crippen LogP contribution in [0.5, 0.6) is 0 Å². The second-order valence-electron chi connectivity index (χ2n) is 6.40. The number of nitrogens with zero attached hydrogens (tertiary/aromatic N) is 2. The minimum Gasteiger partial charge on any atom is -0.322 e. The number of piperazine rings is 1. The van der Waals surface area contributed by atoms with Gasteiger partial charge < -0.3 is 5.32 Å². The number of anilines is 1. The second kappa shape index (κ2) is 8.70. The molecule has 0 atom stereocenters. The fraction of sp³-hybridized carbons (Fsp3) is 0.278. The summed E-state index contributed by atoms with van der Waals surface area (Å²) in [5.74, 6) is -3.45. The number of amides is 1. The number of carbonyl (C=O) groups is 1. The van der Waals surface area contributed by atoms with E-state index in [-0.39, 0.29) is 43.4 Å². The zero-order chi connectivity index (χ0) is 21.2. The van der Waals surface area contributed by atoms with Crippen molar-refractivity contribution in [2.45, 2.75) is 4.90 Å². The number of nitrogens with one attached hydrogen (secondary N) is 1. The third-order valence-electron chi connectivity index (χ3n) is 4.42. The normalized spacial score (nSPS) is 16.0. The highest BCUT2D eigenvalue weighted by atomic mass is 35.5. The summed E-state index contributed by atoms with van der Waals surface area (Å²) in [4.78, 5) is 12.8. The summed E-state index contributed by atoms with van der Waals surface area (Å²) in [6.45, 7) is 0.138. The maximum Gasteiger partial charge on any atom is 0.249 e. The van der Waals surface area contributed by atoms with E-state index in [1.165, 1.54) is 12.1 Å². The van der Waals surface area contributed by atoms with Crippen LogP contribution in [0, 0.1) is 17.5 Å². The van der Waals surface area contributed by atoms with Gasteiger partial charge in [0.15, 0.2) is 4.90 Å². The van der Waals surface area contributed by atoms with Crippen LogP contribution in [0.2, 0.25) is 5.02 Å². The average molecular weight is 448 g/mol. The minimum absolute atomic E-state index is 0.0467. The van der Waals surface area contributed by atoms with Gasteiger partial charge in [0.1, 0.15) is 17.5 Å². The Balaban J connectivity index is 1.60. The van der Waals surface area contributed by atoms with Gasteiger partial charge in [-0.2, -0.15) is 4.31 Å². The van der Waals surface area contributed by atoms with Gasteiger partial charge >= 0.3 is 0 Å². The molecule has 6 nitrogen and oxygen atoms in total. The van der Waals surface area contributed by atoms with E-state index in [9.17, 15) is 26.4 Å². The van der Waals surface area contributed by atoms with Crippen molar-refractivity contribution in [3.63, 3.8) is 0 Å². The fourth-order valence-electron chi connectivity index (χ4n) is 2.97. The SMILES string of the molecule is O=C(CN1CCN(S(=O)(=O)c2c(F)cccc2F)CC1)Nc1cc(Cl)ccc1F. The van der Waals surface area contributed by atoms with Gasteiger partial charge in [0, 0.05) is 31.2 Å². The van der Waals surface area contributed by atoms with Crippen LogP contribution in [-0.2, 0) is 14.8 Å². The highest BCUT2D eigenvalue weighted by molar-refractivity contribution is 7.89. The molecule has 2 aromatic rings. The fourth-order valence-corrected chi connectivity index (χ4v) is 4.68. The summed E-state index contributed by atoms with van der Waals surface area (Å²) in [6.07, 6.45) is 0. The average Bonchev–Trinajstić information content (AvgIpc) is 2.65. The van der Waals surface area contributed by atoms with Gasteiger partial charge in [0.25, 0.3) is 0 Å². The molecule has 0 radical (unpaired) electrons. The van der Waals surface area contributed by atoms with Crippen LogP contribution < -0.4 is 5.32 Å². The summed E-state index contributed by atoms with van der Waals surface area (Å²) in [7, 11) is -4.34. The van der Waals surface area contributed by atoms with E-state index in [0.29, 0.717) is 0 Å². The third kappa shape index (κ3) is 4.89. The van der Waals surface area contributed by atoms with Crippen molar-refractivity contribution < 1.29 is 26.4 Å². The number of sulfonamides is 1. The minimum atomic E-state index is -4.34. The van der Waals surface area contributed by atoms with Crippen LogP contribution in [0.25, 0.3) is 0 Å². The highest BCUT2D eigenvalue weighted by Crippen LogP contribution is 2.24. The standard InChI is InChI=1S/C18H17ClF3N3O3S/c19-12-4-5-13(20)16(10-12)23-17(26)11-24-6-8-25(9-7-24)29(27,28)18-14(21)2-1-3-15(18)22/h1-5,10H,6-9,11H2,(H,23,26). The quantitative estimate of drug-likeness (QED) is 0.765. The molecule has 1 saturated heterocycles. The van der Waals surface area contributed by atoms with Crippen molar-refractivity contribution >= 4 is 33.2 Å². The molecular formula is C18H17ClF3N3O3S. The first kappa shape index (κ1) is 21.6. The van der Waals surface area contributed by atoms with Crippen LogP contribution in [0.4, 0.5) is 18.9 Å². The number of rotatable bonds is 5. The predicted molar refractivity (Wildman–Crippen MR) is 102 cm³/mol. The molecule has 1 aliphatic rings. The first-order valence-corrected chi connectivity index (χ1v) is 10.4. The van der Waals surface area contributed by atoms with Crippen molar-refractivity contribution in [3.05, 3.63) is 58.9 Å². The molecule has 1 heterocycles. The lowest BCUT2D eigenvalue weighted by atomic mass is 10.3. The van der Waals surface area contributed by atoms with Crippen LogP contribution in [0.1, 0.15) is 0 Å². The lowest BCUT2D eigenvalue weighted by Crippen LogP contribution is -2.50. The van der Waals surface area contributed by atoms with Crippen LogP contribution in [0.15, 0.2) is 41.3 Å². The van der Waals surface area contributed by atoms with Gasteiger partial charge in [-0.3, -0.25) is 9.69 Å². The summed E-state index contributed by atoms with van der Waals surface area (Å²) >= 11 is 5.78. The molecule has 156 valence electrons. The van der Waals surface area contributed by atoms with Gasteiger partial charge in [-0.05, 0) is 30.3 Å². The van der Waals surface area contributed by atoms with Crippen molar-refractivity contribution in [2.24, 2.45) is 0 Å². The van der Waals surface area contributed by atoms with Gasteiger partial charge in [0.2, 0.25) is 15.9 Å². The molecule has 1 aliphatic heterocycles. The molecule has 0 aliphatic carbocycles. The number of carbonyl (C=O) groups excluding carboxylic acids is 1. The van der Waals surface area contributed by atoms with E-state index in [1.54, 1.807) is 4.90 Å². The molecule has 2 aromatic carbocycles. The summed E-state index contributed by atoms with van der Waals surface area (Å²) in [5, 5.41) is 2.67. The Labute approximate surface area is 170 Å². The molecular weight excluding hydrogens is 431 g/mol. The Morgan fingerprint density at radius 1 is 1.00 bits per heavy atom. The number of hydrogen-bond acceptors (Lipinski definition) is 4. The zero-order valence-corrected chi connectivity index (χ0v) is 16.6. The summed E-state index contributed by atoms with van der Waals surface area (Å²) in [6, 6.07) is 6.61.